The number of carbonyl (C=O) groups excluding carboxylic acids is 1. The molecule has 1 fully saturated rings. The van der Waals surface area contributed by atoms with E-state index in [0.717, 1.165) is 36.5 Å². The fourth-order valence-electron chi connectivity index (χ4n) is 2.81. The minimum Gasteiger partial charge on any atom is -0.383 e. The van der Waals surface area contributed by atoms with Gasteiger partial charge in [0.05, 0.1) is 18.8 Å². The van der Waals surface area contributed by atoms with E-state index in [1.165, 1.54) is 0 Å². The van der Waals surface area contributed by atoms with Crippen molar-refractivity contribution in [2.24, 2.45) is 0 Å². The van der Waals surface area contributed by atoms with Gasteiger partial charge in [0.1, 0.15) is 5.52 Å². The van der Waals surface area contributed by atoms with Crippen LogP contribution in [0.2, 0.25) is 0 Å². The van der Waals surface area contributed by atoms with Crippen molar-refractivity contribution >= 4 is 17.2 Å². The highest BCUT2D eigenvalue weighted by molar-refractivity contribution is 5.83. The first kappa shape index (κ1) is 14.8. The van der Waals surface area contributed by atoms with Gasteiger partial charge in [0.2, 0.25) is 5.91 Å². The third-order valence-electron chi connectivity index (χ3n) is 3.89. The Hall–Kier alpha value is -2.15. The lowest BCUT2D eigenvalue weighted by molar-refractivity contribution is -0.129. The normalized spacial score (nSPS) is 16.4. The van der Waals surface area contributed by atoms with Gasteiger partial charge >= 0.3 is 0 Å². The van der Waals surface area contributed by atoms with Crippen LogP contribution in [0.15, 0.2) is 18.5 Å². The lowest BCUT2D eigenvalue weighted by atomic mass is 10.3. The third-order valence-corrected chi connectivity index (χ3v) is 3.89. The number of hydrogen-bond acceptors (Lipinski definition) is 5. The number of ether oxygens (including phenoxy) is 1. The SMILES string of the molecule is COCCN1CCCN(c2nccn3nc(C)cc23)CC1=O. The number of hydrogen-bond donors (Lipinski definition) is 0. The summed E-state index contributed by atoms with van der Waals surface area (Å²) < 4.78 is 6.89. The molecule has 7 nitrogen and oxygen atoms in total. The number of aryl methyl sites for hydroxylation is 1. The number of nitrogens with zero attached hydrogens (tertiary/aromatic N) is 5. The Labute approximate surface area is 129 Å². The Balaban J connectivity index is 1.83. The summed E-state index contributed by atoms with van der Waals surface area (Å²) >= 11 is 0. The molecule has 0 spiro atoms. The van der Waals surface area contributed by atoms with Crippen LogP contribution in [0.4, 0.5) is 5.82 Å². The second-order valence-electron chi connectivity index (χ2n) is 5.52. The van der Waals surface area contributed by atoms with Gasteiger partial charge in [-0.2, -0.15) is 5.10 Å². The van der Waals surface area contributed by atoms with Crippen LogP contribution in [0.1, 0.15) is 12.1 Å². The first-order valence-electron chi connectivity index (χ1n) is 7.51. The number of methoxy groups -OCH3 is 1. The molecule has 0 saturated carbocycles. The van der Waals surface area contributed by atoms with Crippen molar-refractivity contribution in [1.82, 2.24) is 19.5 Å². The molecule has 1 aliphatic rings. The van der Waals surface area contributed by atoms with Gasteiger partial charge < -0.3 is 14.5 Å². The second kappa shape index (κ2) is 6.31. The molecule has 1 aliphatic heterocycles. The summed E-state index contributed by atoms with van der Waals surface area (Å²) in [5.41, 5.74) is 1.88. The molecule has 7 heteroatoms. The van der Waals surface area contributed by atoms with Gasteiger partial charge in [-0.15, -0.1) is 0 Å². The molecule has 1 amide bonds. The quantitative estimate of drug-likeness (QED) is 0.833. The van der Waals surface area contributed by atoms with E-state index in [2.05, 4.69) is 10.1 Å². The summed E-state index contributed by atoms with van der Waals surface area (Å²) in [6.07, 6.45) is 4.48. The predicted molar refractivity (Wildman–Crippen MR) is 83.0 cm³/mol. The van der Waals surface area contributed by atoms with Crippen molar-refractivity contribution < 1.29 is 9.53 Å². The summed E-state index contributed by atoms with van der Waals surface area (Å²) in [5, 5.41) is 4.40. The summed E-state index contributed by atoms with van der Waals surface area (Å²) in [6, 6.07) is 2.00. The van der Waals surface area contributed by atoms with Crippen molar-refractivity contribution in [2.75, 3.05) is 44.8 Å². The lowest BCUT2D eigenvalue weighted by Gasteiger charge is -2.22. The smallest absolute Gasteiger partial charge is 0.242 e. The van der Waals surface area contributed by atoms with Crippen LogP contribution in [0.3, 0.4) is 0 Å². The summed E-state index contributed by atoms with van der Waals surface area (Å²) in [5.74, 6) is 0.944. The molecule has 2 aromatic rings. The molecule has 118 valence electrons. The molecule has 1 saturated heterocycles. The maximum Gasteiger partial charge on any atom is 0.242 e. The van der Waals surface area contributed by atoms with Gasteiger partial charge in [0.15, 0.2) is 5.82 Å². The average Bonchev–Trinajstić information content (AvgIpc) is 2.79. The number of rotatable bonds is 4. The monoisotopic (exact) mass is 303 g/mol. The van der Waals surface area contributed by atoms with E-state index in [0.29, 0.717) is 19.7 Å². The number of amides is 1. The third kappa shape index (κ3) is 2.89. The molecular weight excluding hydrogens is 282 g/mol. The minimum atomic E-state index is 0.120. The van der Waals surface area contributed by atoms with Gasteiger partial charge in [0.25, 0.3) is 0 Å². The maximum absolute atomic E-state index is 12.4. The number of anilines is 1. The Morgan fingerprint density at radius 1 is 1.36 bits per heavy atom. The molecule has 22 heavy (non-hydrogen) atoms. The maximum atomic E-state index is 12.4. The molecule has 2 aromatic heterocycles. The zero-order valence-electron chi connectivity index (χ0n) is 13.0. The lowest BCUT2D eigenvalue weighted by Crippen LogP contribution is -2.38. The van der Waals surface area contributed by atoms with Gasteiger partial charge in [-0.05, 0) is 19.4 Å². The van der Waals surface area contributed by atoms with Crippen LogP contribution in [0.25, 0.3) is 5.52 Å². The van der Waals surface area contributed by atoms with E-state index in [1.807, 2.05) is 33.5 Å². The van der Waals surface area contributed by atoms with Crippen molar-refractivity contribution in [1.29, 1.82) is 0 Å². The van der Waals surface area contributed by atoms with Gasteiger partial charge in [0, 0.05) is 39.1 Å². The van der Waals surface area contributed by atoms with Crippen LogP contribution in [-0.4, -0.2) is 65.3 Å². The van der Waals surface area contributed by atoms with E-state index in [1.54, 1.807) is 13.3 Å². The highest BCUT2D eigenvalue weighted by atomic mass is 16.5. The molecule has 3 rings (SSSR count). The zero-order chi connectivity index (χ0) is 15.5. The molecule has 0 bridgehead atoms. The van der Waals surface area contributed by atoms with E-state index in [4.69, 9.17) is 4.74 Å². The molecular formula is C15H21N5O2. The number of fused-ring (bicyclic) bond motifs is 1. The molecule has 0 radical (unpaired) electrons. The van der Waals surface area contributed by atoms with Crippen LogP contribution < -0.4 is 4.90 Å². The number of aromatic nitrogens is 3. The van der Waals surface area contributed by atoms with E-state index >= 15 is 0 Å². The first-order valence-corrected chi connectivity index (χ1v) is 7.51. The Morgan fingerprint density at radius 3 is 3.05 bits per heavy atom. The van der Waals surface area contributed by atoms with Gasteiger partial charge in [-0.25, -0.2) is 9.50 Å². The minimum absolute atomic E-state index is 0.120. The molecule has 0 aliphatic carbocycles. The topological polar surface area (TPSA) is 63.0 Å². The standard InChI is InChI=1S/C15H21N5O2/c1-12-10-13-15(16-4-7-20(13)17-12)19-6-3-5-18(8-9-22-2)14(21)11-19/h4,7,10H,3,5-6,8-9,11H2,1-2H3. The highest BCUT2D eigenvalue weighted by Crippen LogP contribution is 2.21. The Kier molecular flexibility index (Phi) is 4.24. The molecule has 0 atom stereocenters. The number of carbonyl (C=O) groups is 1. The predicted octanol–water partition coefficient (Wildman–Crippen LogP) is 0.723. The molecule has 0 N–H and O–H groups in total. The van der Waals surface area contributed by atoms with E-state index in [-0.39, 0.29) is 5.91 Å². The Bertz CT molecular complexity index is 669. The highest BCUT2D eigenvalue weighted by Gasteiger charge is 2.23. The zero-order valence-corrected chi connectivity index (χ0v) is 13.0. The average molecular weight is 303 g/mol. The fraction of sp³-hybridized carbons (Fsp3) is 0.533. The summed E-state index contributed by atoms with van der Waals surface area (Å²) in [4.78, 5) is 20.8. The molecule has 0 aromatic carbocycles. The van der Waals surface area contributed by atoms with Gasteiger partial charge in [-0.3, -0.25) is 4.79 Å². The van der Waals surface area contributed by atoms with Crippen LogP contribution in [0, 0.1) is 6.92 Å². The van der Waals surface area contributed by atoms with Crippen molar-refractivity contribution in [3.05, 3.63) is 24.2 Å². The van der Waals surface area contributed by atoms with E-state index in [9.17, 15) is 4.79 Å². The van der Waals surface area contributed by atoms with Crippen LogP contribution >= 0.6 is 0 Å². The van der Waals surface area contributed by atoms with E-state index < -0.39 is 0 Å². The summed E-state index contributed by atoms with van der Waals surface area (Å²) in [6.45, 7) is 5.09. The first-order chi connectivity index (χ1) is 10.7. The van der Waals surface area contributed by atoms with Crippen molar-refractivity contribution in [3.8, 4) is 0 Å². The van der Waals surface area contributed by atoms with Crippen LogP contribution in [-0.2, 0) is 9.53 Å². The summed E-state index contributed by atoms with van der Waals surface area (Å²) in [7, 11) is 1.65. The largest absolute Gasteiger partial charge is 0.383 e. The molecule has 3 heterocycles. The second-order valence-corrected chi connectivity index (χ2v) is 5.52. The van der Waals surface area contributed by atoms with Crippen molar-refractivity contribution in [3.63, 3.8) is 0 Å². The van der Waals surface area contributed by atoms with Crippen LogP contribution in [0.5, 0.6) is 0 Å². The Morgan fingerprint density at radius 2 is 2.23 bits per heavy atom. The van der Waals surface area contributed by atoms with Crippen molar-refractivity contribution in [2.45, 2.75) is 13.3 Å². The molecule has 0 unspecified atom stereocenters. The van der Waals surface area contributed by atoms with Gasteiger partial charge in [-0.1, -0.05) is 0 Å². The fourth-order valence-corrected chi connectivity index (χ4v) is 2.81.